The van der Waals surface area contributed by atoms with Gasteiger partial charge in [-0.3, -0.25) is 9.78 Å². The fraction of sp³-hybridized carbons (Fsp3) is 0.214. The molecule has 1 atom stereocenters. The number of carbonyl (C=O) groups excluding carboxylic acids is 1. The topological polar surface area (TPSA) is 80.9 Å². The average Bonchev–Trinajstić information content (AvgIpc) is 2.47. The number of nitrogens with one attached hydrogen (secondary N) is 1. The van der Waals surface area contributed by atoms with Crippen molar-refractivity contribution in [3.63, 3.8) is 0 Å². The molecule has 19 heavy (non-hydrogen) atoms. The van der Waals surface area contributed by atoms with E-state index >= 15 is 0 Å². The van der Waals surface area contributed by atoms with Crippen LogP contribution in [-0.2, 0) is 11.2 Å². The Hall–Kier alpha value is -2.27. The van der Waals surface area contributed by atoms with Gasteiger partial charge in [-0.15, -0.1) is 0 Å². The van der Waals surface area contributed by atoms with Gasteiger partial charge in [-0.05, 0) is 18.4 Å². The molecule has 5 nitrogen and oxygen atoms in total. The van der Waals surface area contributed by atoms with Crippen LogP contribution in [0.15, 0.2) is 48.9 Å². The molecule has 0 fully saturated rings. The number of nitrogens with two attached hydrogens (primary N) is 1. The molecule has 2 rings (SSSR count). The molecule has 5 heteroatoms. The highest BCUT2D eigenvalue weighted by atomic mass is 16.2. The van der Waals surface area contributed by atoms with Gasteiger partial charge in [-0.1, -0.05) is 30.3 Å². The van der Waals surface area contributed by atoms with Gasteiger partial charge >= 0.3 is 0 Å². The lowest BCUT2D eigenvalue weighted by Gasteiger charge is -2.11. The fourth-order valence-corrected chi connectivity index (χ4v) is 1.68. The van der Waals surface area contributed by atoms with Crippen molar-refractivity contribution in [2.24, 2.45) is 5.73 Å². The number of hydrogen-bond donors (Lipinski definition) is 2. The summed E-state index contributed by atoms with van der Waals surface area (Å²) in [7, 11) is 0. The minimum atomic E-state index is -0.554. The molecule has 0 aliphatic heterocycles. The standard InChI is InChI=1S/C14H16N4O/c15-12(7-6-11-4-2-1-3-5-11)14(19)18-13-10-16-8-9-17-13/h1-5,8-10,12H,6-7,15H2,(H,17,18,19). The van der Waals surface area contributed by atoms with Crippen LogP contribution in [0.4, 0.5) is 5.82 Å². The Morgan fingerprint density at radius 3 is 2.74 bits per heavy atom. The van der Waals surface area contributed by atoms with Crippen molar-refractivity contribution in [1.29, 1.82) is 0 Å². The first-order valence-electron chi connectivity index (χ1n) is 6.12. The SMILES string of the molecule is NC(CCc1ccccc1)C(=O)Nc1cnccn1. The van der Waals surface area contributed by atoms with E-state index in [-0.39, 0.29) is 5.91 Å². The van der Waals surface area contributed by atoms with Crippen LogP contribution in [0.5, 0.6) is 0 Å². The molecule has 0 radical (unpaired) electrons. The Morgan fingerprint density at radius 2 is 2.05 bits per heavy atom. The van der Waals surface area contributed by atoms with Gasteiger partial charge in [-0.2, -0.15) is 0 Å². The van der Waals surface area contributed by atoms with Gasteiger partial charge in [0, 0.05) is 12.4 Å². The molecule has 0 spiro atoms. The quantitative estimate of drug-likeness (QED) is 0.846. The molecule has 1 heterocycles. The normalized spacial score (nSPS) is 11.8. The molecular formula is C14H16N4O. The summed E-state index contributed by atoms with van der Waals surface area (Å²) in [4.78, 5) is 19.7. The van der Waals surface area contributed by atoms with Crippen molar-refractivity contribution in [1.82, 2.24) is 9.97 Å². The minimum absolute atomic E-state index is 0.239. The minimum Gasteiger partial charge on any atom is -0.320 e. The maximum atomic E-state index is 11.8. The zero-order valence-corrected chi connectivity index (χ0v) is 10.5. The van der Waals surface area contributed by atoms with Crippen LogP contribution < -0.4 is 11.1 Å². The van der Waals surface area contributed by atoms with E-state index in [0.717, 1.165) is 6.42 Å². The van der Waals surface area contributed by atoms with Crippen molar-refractivity contribution in [2.75, 3.05) is 5.32 Å². The van der Waals surface area contributed by atoms with E-state index in [1.807, 2.05) is 30.3 Å². The first kappa shape index (κ1) is 13.2. The molecule has 1 unspecified atom stereocenters. The lowest BCUT2D eigenvalue weighted by Crippen LogP contribution is -2.36. The number of nitrogens with zero attached hydrogens (tertiary/aromatic N) is 2. The zero-order chi connectivity index (χ0) is 13.5. The van der Waals surface area contributed by atoms with Gasteiger partial charge in [0.15, 0.2) is 5.82 Å². The maximum absolute atomic E-state index is 11.8. The fourth-order valence-electron chi connectivity index (χ4n) is 1.68. The van der Waals surface area contributed by atoms with E-state index in [2.05, 4.69) is 15.3 Å². The predicted octanol–water partition coefficient (Wildman–Crippen LogP) is 1.38. The first-order chi connectivity index (χ1) is 9.25. The Labute approximate surface area is 111 Å². The maximum Gasteiger partial charge on any atom is 0.242 e. The lowest BCUT2D eigenvalue weighted by atomic mass is 10.1. The molecule has 0 saturated carbocycles. The molecular weight excluding hydrogens is 240 g/mol. The van der Waals surface area contributed by atoms with E-state index in [9.17, 15) is 4.79 Å². The first-order valence-corrected chi connectivity index (χ1v) is 6.12. The van der Waals surface area contributed by atoms with Gasteiger partial charge in [0.05, 0.1) is 12.2 Å². The van der Waals surface area contributed by atoms with E-state index in [1.54, 1.807) is 6.20 Å². The van der Waals surface area contributed by atoms with Gasteiger partial charge in [0.1, 0.15) is 0 Å². The monoisotopic (exact) mass is 256 g/mol. The van der Waals surface area contributed by atoms with Crippen LogP contribution in [0.25, 0.3) is 0 Å². The number of rotatable bonds is 5. The van der Waals surface area contributed by atoms with Crippen LogP contribution in [0.1, 0.15) is 12.0 Å². The highest BCUT2D eigenvalue weighted by molar-refractivity contribution is 5.93. The van der Waals surface area contributed by atoms with Crippen molar-refractivity contribution < 1.29 is 4.79 Å². The summed E-state index contributed by atoms with van der Waals surface area (Å²) in [6, 6.07) is 9.40. The number of hydrogen-bond acceptors (Lipinski definition) is 4. The molecule has 2 aromatic rings. The summed E-state index contributed by atoms with van der Waals surface area (Å²) in [5.41, 5.74) is 7.02. The third kappa shape index (κ3) is 4.15. The molecule has 0 aliphatic rings. The summed E-state index contributed by atoms with van der Waals surface area (Å²) in [5.74, 6) is 0.180. The van der Waals surface area contributed by atoms with Crippen LogP contribution in [-0.4, -0.2) is 21.9 Å². The molecule has 3 N–H and O–H groups in total. The van der Waals surface area contributed by atoms with Crippen LogP contribution in [0, 0.1) is 0 Å². The van der Waals surface area contributed by atoms with Crippen LogP contribution >= 0.6 is 0 Å². The number of amides is 1. The summed E-state index contributed by atoms with van der Waals surface area (Å²) in [6.07, 6.45) is 5.92. The summed E-state index contributed by atoms with van der Waals surface area (Å²) < 4.78 is 0. The van der Waals surface area contributed by atoms with Crippen molar-refractivity contribution in [3.05, 3.63) is 54.5 Å². The van der Waals surface area contributed by atoms with Crippen molar-refractivity contribution >= 4 is 11.7 Å². The number of benzene rings is 1. The van der Waals surface area contributed by atoms with E-state index < -0.39 is 6.04 Å². The average molecular weight is 256 g/mol. The highest BCUT2D eigenvalue weighted by Gasteiger charge is 2.13. The van der Waals surface area contributed by atoms with E-state index in [0.29, 0.717) is 12.2 Å². The Balaban J connectivity index is 1.83. The molecule has 98 valence electrons. The second kappa shape index (κ2) is 6.61. The Bertz CT molecular complexity index is 515. The zero-order valence-electron chi connectivity index (χ0n) is 10.5. The highest BCUT2D eigenvalue weighted by Crippen LogP contribution is 2.05. The van der Waals surface area contributed by atoms with Crippen molar-refractivity contribution in [2.45, 2.75) is 18.9 Å². The third-order valence-corrected chi connectivity index (χ3v) is 2.74. The predicted molar refractivity (Wildman–Crippen MR) is 73.4 cm³/mol. The largest absolute Gasteiger partial charge is 0.320 e. The second-order valence-corrected chi connectivity index (χ2v) is 4.21. The Morgan fingerprint density at radius 1 is 1.26 bits per heavy atom. The molecule has 1 aromatic heterocycles. The smallest absolute Gasteiger partial charge is 0.242 e. The van der Waals surface area contributed by atoms with Crippen LogP contribution in [0.3, 0.4) is 0 Å². The summed E-state index contributed by atoms with van der Waals surface area (Å²) >= 11 is 0. The summed E-state index contributed by atoms with van der Waals surface area (Å²) in [6.45, 7) is 0. The third-order valence-electron chi connectivity index (χ3n) is 2.74. The Kier molecular flexibility index (Phi) is 4.58. The molecule has 1 amide bonds. The van der Waals surface area contributed by atoms with Gasteiger partial charge in [0.25, 0.3) is 0 Å². The van der Waals surface area contributed by atoms with E-state index in [4.69, 9.17) is 5.73 Å². The number of carbonyl (C=O) groups is 1. The van der Waals surface area contributed by atoms with Crippen LogP contribution in [0.2, 0.25) is 0 Å². The second-order valence-electron chi connectivity index (χ2n) is 4.21. The van der Waals surface area contributed by atoms with Crippen molar-refractivity contribution in [3.8, 4) is 0 Å². The van der Waals surface area contributed by atoms with E-state index in [1.165, 1.54) is 18.0 Å². The number of aryl methyl sites for hydroxylation is 1. The molecule has 0 bridgehead atoms. The molecule has 0 saturated heterocycles. The molecule has 1 aromatic carbocycles. The van der Waals surface area contributed by atoms with Gasteiger partial charge < -0.3 is 11.1 Å². The molecule has 0 aliphatic carbocycles. The number of anilines is 1. The van der Waals surface area contributed by atoms with Gasteiger partial charge in [0.2, 0.25) is 5.91 Å². The van der Waals surface area contributed by atoms with Gasteiger partial charge in [-0.25, -0.2) is 4.98 Å². The number of aromatic nitrogens is 2. The lowest BCUT2D eigenvalue weighted by molar-refractivity contribution is -0.117. The summed E-state index contributed by atoms with van der Waals surface area (Å²) in [5, 5.41) is 2.64.